The Kier molecular flexibility index (Phi) is 43.8. The van der Waals surface area contributed by atoms with Crippen LogP contribution in [0.2, 0.25) is 0 Å². The second kappa shape index (κ2) is 16.7. The normalized spacial score (nSPS) is 5.00. The van der Waals surface area contributed by atoms with Crippen molar-refractivity contribution in [3.63, 3.8) is 0 Å². The van der Waals surface area contributed by atoms with Crippen LogP contribution in [0.25, 0.3) is 0 Å². The minimum atomic E-state index is -0.125. The number of aliphatic hydroxyl groups is 2. The fraction of sp³-hybridized carbons (Fsp3) is 1.00. The first-order chi connectivity index (χ1) is 1.91. The maximum Gasteiger partial charge on any atom is 1.00 e. The Balaban J connectivity index is -0.0000000450. The van der Waals surface area contributed by atoms with Gasteiger partial charge in [-0.25, -0.2) is 0 Å². The van der Waals surface area contributed by atoms with Crippen LogP contribution in [0.5, 0.6) is 0 Å². The molecule has 0 fully saturated rings. The van der Waals surface area contributed by atoms with Crippen molar-refractivity contribution in [2.24, 2.45) is 0 Å². The average molecular weight is 99.9 g/mol. The number of hydrogen-bond donors (Lipinski definition) is 2. The van der Waals surface area contributed by atoms with Crippen molar-refractivity contribution in [3.05, 3.63) is 0 Å². The van der Waals surface area contributed by atoms with E-state index in [1.165, 1.54) is 0 Å². The van der Waals surface area contributed by atoms with E-state index in [1.54, 1.807) is 0 Å². The summed E-state index contributed by atoms with van der Waals surface area (Å²) >= 11 is 0. The molecule has 0 aliphatic rings. The minimum Gasteiger partial charge on any atom is -0.394 e. The summed E-state index contributed by atoms with van der Waals surface area (Å²) in [5, 5.41) is 15.2. The second-order valence-electron chi connectivity index (χ2n) is 0.447. The molecule has 0 saturated heterocycles. The molecule has 0 bridgehead atoms. The van der Waals surface area contributed by atoms with E-state index >= 15 is 0 Å². The molecule has 0 aliphatic carbocycles. The fourth-order valence-corrected chi connectivity index (χ4v) is 0. The molecule has 2 N–H and O–H groups in total. The molecule has 0 aliphatic heterocycles. The Hall–Kier alpha value is 0.985. The van der Waals surface area contributed by atoms with E-state index in [2.05, 4.69) is 0 Å². The Morgan fingerprint density at radius 3 is 1.17 bits per heavy atom. The SMILES string of the molecule is OCCO.[BH4-].[Na+]. The van der Waals surface area contributed by atoms with Crippen molar-refractivity contribution in [1.29, 1.82) is 0 Å². The van der Waals surface area contributed by atoms with Crippen molar-refractivity contribution in [3.8, 4) is 0 Å². The Morgan fingerprint density at radius 1 is 1.00 bits per heavy atom. The van der Waals surface area contributed by atoms with Crippen molar-refractivity contribution in [1.82, 2.24) is 0 Å². The van der Waals surface area contributed by atoms with E-state index in [9.17, 15) is 0 Å². The third kappa shape index (κ3) is 20.1. The molecule has 0 heterocycles. The van der Waals surface area contributed by atoms with Crippen molar-refractivity contribution in [2.45, 2.75) is 0 Å². The molecule has 2 nitrogen and oxygen atoms in total. The summed E-state index contributed by atoms with van der Waals surface area (Å²) in [7, 11) is 0. The van der Waals surface area contributed by atoms with Gasteiger partial charge in [-0.2, -0.15) is 0 Å². The first-order valence-corrected chi connectivity index (χ1v) is 1.13. The molecule has 0 rings (SSSR count). The number of aliphatic hydroxyl groups excluding tert-OH is 2. The smallest absolute Gasteiger partial charge is 0.394 e. The van der Waals surface area contributed by atoms with E-state index in [4.69, 9.17) is 10.2 Å². The second-order valence-corrected chi connectivity index (χ2v) is 0.447. The zero-order valence-electron chi connectivity index (χ0n) is 3.31. The molecular weight excluding hydrogens is 89.8 g/mol. The van der Waals surface area contributed by atoms with Gasteiger partial charge in [0.1, 0.15) is 0 Å². The van der Waals surface area contributed by atoms with Crippen molar-refractivity contribution < 1.29 is 39.8 Å². The summed E-state index contributed by atoms with van der Waals surface area (Å²) in [6.07, 6.45) is 0. The summed E-state index contributed by atoms with van der Waals surface area (Å²) in [6.45, 7) is -0.250. The fourth-order valence-electron chi connectivity index (χ4n) is 0. The summed E-state index contributed by atoms with van der Waals surface area (Å²) in [5.41, 5.74) is 0. The van der Waals surface area contributed by atoms with Gasteiger partial charge in [-0.05, 0) is 0 Å². The molecule has 0 aromatic heterocycles. The summed E-state index contributed by atoms with van der Waals surface area (Å²) < 4.78 is 0. The van der Waals surface area contributed by atoms with Gasteiger partial charge in [0, 0.05) is 0 Å². The van der Waals surface area contributed by atoms with Gasteiger partial charge in [0.25, 0.3) is 0 Å². The van der Waals surface area contributed by atoms with E-state index in [0.29, 0.717) is 0 Å². The first-order valence-electron chi connectivity index (χ1n) is 1.13. The van der Waals surface area contributed by atoms with Crippen LogP contribution in [-0.2, 0) is 0 Å². The zero-order valence-corrected chi connectivity index (χ0v) is 5.31. The number of hydrogen-bond acceptors (Lipinski definition) is 2. The molecule has 4 heteroatoms. The molecular formula is C2H10BNaO2. The molecule has 0 aromatic carbocycles. The van der Waals surface area contributed by atoms with Crippen LogP contribution in [0, 0.1) is 0 Å². The van der Waals surface area contributed by atoms with Gasteiger partial charge in [-0.3, -0.25) is 0 Å². The quantitative estimate of drug-likeness (QED) is 0.323. The molecule has 0 unspecified atom stereocenters. The Morgan fingerprint density at radius 2 is 1.17 bits per heavy atom. The van der Waals surface area contributed by atoms with Crippen LogP contribution in [0.4, 0.5) is 0 Å². The molecule has 0 aromatic rings. The van der Waals surface area contributed by atoms with Crippen LogP contribution < -0.4 is 29.6 Å². The molecule has 0 amide bonds. The third-order valence-corrected chi connectivity index (χ3v) is 0.1000. The minimum absolute atomic E-state index is 0. The Labute approximate surface area is 61.4 Å². The third-order valence-electron chi connectivity index (χ3n) is 0.1000. The Bertz CT molecular complexity index is 13.5. The van der Waals surface area contributed by atoms with Crippen LogP contribution in [0.15, 0.2) is 0 Å². The standard InChI is InChI=1S/C2H6O2.BH4.Na/c3-1-2-4;;/h3-4H,1-2H2;1H4;/q;-1;+1. The van der Waals surface area contributed by atoms with Gasteiger partial charge >= 0.3 is 29.6 Å². The molecule has 0 atom stereocenters. The van der Waals surface area contributed by atoms with Gasteiger partial charge in [0.15, 0.2) is 0 Å². The van der Waals surface area contributed by atoms with E-state index in [0.717, 1.165) is 0 Å². The largest absolute Gasteiger partial charge is 1.00 e. The monoisotopic (exact) mass is 100 g/mol. The van der Waals surface area contributed by atoms with E-state index in [-0.39, 0.29) is 51.2 Å². The maximum absolute atomic E-state index is 7.62. The predicted molar refractivity (Wildman–Crippen MR) is 25.5 cm³/mol. The molecule has 0 saturated carbocycles. The van der Waals surface area contributed by atoms with Gasteiger partial charge in [0.2, 0.25) is 0 Å². The van der Waals surface area contributed by atoms with Crippen molar-refractivity contribution in [2.75, 3.05) is 13.2 Å². The van der Waals surface area contributed by atoms with Crippen LogP contribution >= 0.6 is 0 Å². The summed E-state index contributed by atoms with van der Waals surface area (Å²) in [4.78, 5) is 0. The van der Waals surface area contributed by atoms with Crippen LogP contribution in [0.1, 0.15) is 0 Å². The van der Waals surface area contributed by atoms with Gasteiger partial charge in [-0.15, -0.1) is 0 Å². The summed E-state index contributed by atoms with van der Waals surface area (Å²) in [5.74, 6) is 0. The molecule has 34 valence electrons. The van der Waals surface area contributed by atoms with Crippen molar-refractivity contribution >= 4 is 8.41 Å². The molecule has 6 heavy (non-hydrogen) atoms. The predicted octanol–water partition coefficient (Wildman–Crippen LogP) is -5.48. The molecule has 0 radical (unpaired) electrons. The van der Waals surface area contributed by atoms with Gasteiger partial charge in [0.05, 0.1) is 13.2 Å². The van der Waals surface area contributed by atoms with Crippen LogP contribution in [0.3, 0.4) is 0 Å². The molecule has 0 spiro atoms. The van der Waals surface area contributed by atoms with Gasteiger partial charge in [-0.1, -0.05) is 8.41 Å². The average Bonchev–Trinajstić information content (AvgIpc) is 1.37. The van der Waals surface area contributed by atoms with E-state index in [1.807, 2.05) is 0 Å². The number of rotatable bonds is 1. The first kappa shape index (κ1) is 15.8. The van der Waals surface area contributed by atoms with Crippen LogP contribution in [-0.4, -0.2) is 31.8 Å². The van der Waals surface area contributed by atoms with Gasteiger partial charge < -0.3 is 10.2 Å². The topological polar surface area (TPSA) is 40.5 Å². The summed E-state index contributed by atoms with van der Waals surface area (Å²) in [6, 6.07) is 0. The zero-order chi connectivity index (χ0) is 3.41. The maximum atomic E-state index is 7.62. The van der Waals surface area contributed by atoms with E-state index < -0.39 is 0 Å².